The Morgan fingerprint density at radius 2 is 1.63 bits per heavy atom. The molecule has 0 aromatic heterocycles. The minimum Gasteiger partial charge on any atom is -0.493 e. The van der Waals surface area contributed by atoms with Crippen LogP contribution in [0.5, 0.6) is 11.5 Å². The van der Waals surface area contributed by atoms with Crippen LogP contribution >= 0.6 is 11.8 Å². The third-order valence-corrected chi connectivity index (χ3v) is 5.90. The summed E-state index contributed by atoms with van der Waals surface area (Å²) in [5.41, 5.74) is 6.79. The van der Waals surface area contributed by atoms with Crippen molar-refractivity contribution >= 4 is 34.8 Å². The molecule has 0 atom stereocenters. The fourth-order valence-electron chi connectivity index (χ4n) is 3.11. The summed E-state index contributed by atoms with van der Waals surface area (Å²) in [4.78, 5) is 14.8. The third kappa shape index (κ3) is 3.97. The quantitative estimate of drug-likeness (QED) is 0.349. The van der Waals surface area contributed by atoms with Crippen LogP contribution in [0.2, 0.25) is 0 Å². The van der Waals surface area contributed by atoms with Crippen LogP contribution in [-0.2, 0) is 0 Å². The minimum absolute atomic E-state index is 0.323. The molecule has 0 unspecified atom stereocenters. The molecule has 1 aliphatic heterocycles. The van der Waals surface area contributed by atoms with Gasteiger partial charge in [0.15, 0.2) is 11.5 Å². The number of hydrogen-bond donors (Lipinski definition) is 2. The van der Waals surface area contributed by atoms with Gasteiger partial charge in [0.05, 0.1) is 31.3 Å². The highest BCUT2D eigenvalue weighted by Crippen LogP contribution is 2.44. The standard InChI is InChI=1S/C23H21N3O3S/c1-14(25-26-23(27)16-8-10-19(28-2)20(13-16)29-3)15-9-11-22-18(12-15)24-17-6-4-5-7-21(17)30-22/h4-13,24H,1-3H3,(H,26,27)/b25-14-. The largest absolute Gasteiger partial charge is 0.493 e. The van der Waals surface area contributed by atoms with Crippen molar-refractivity contribution in [2.75, 3.05) is 19.5 Å². The smallest absolute Gasteiger partial charge is 0.271 e. The van der Waals surface area contributed by atoms with Gasteiger partial charge in [0.2, 0.25) is 0 Å². The zero-order valence-corrected chi connectivity index (χ0v) is 17.7. The number of amides is 1. The number of hydrazone groups is 1. The first kappa shape index (κ1) is 19.8. The first-order chi connectivity index (χ1) is 14.6. The van der Waals surface area contributed by atoms with E-state index in [0.29, 0.717) is 22.8 Å². The average molecular weight is 420 g/mol. The number of carbonyl (C=O) groups is 1. The van der Waals surface area contributed by atoms with Gasteiger partial charge in [-0.05, 0) is 55.0 Å². The number of para-hydroxylation sites is 1. The van der Waals surface area contributed by atoms with Gasteiger partial charge in [0, 0.05) is 15.4 Å². The molecular formula is C23H21N3O3S. The molecule has 1 heterocycles. The lowest BCUT2D eigenvalue weighted by molar-refractivity contribution is 0.0954. The molecule has 0 saturated heterocycles. The van der Waals surface area contributed by atoms with Crippen molar-refractivity contribution in [2.24, 2.45) is 5.10 Å². The molecule has 6 nitrogen and oxygen atoms in total. The van der Waals surface area contributed by atoms with Gasteiger partial charge >= 0.3 is 0 Å². The fourth-order valence-corrected chi connectivity index (χ4v) is 4.07. The molecule has 2 N–H and O–H groups in total. The van der Waals surface area contributed by atoms with Crippen molar-refractivity contribution in [1.29, 1.82) is 0 Å². The summed E-state index contributed by atoms with van der Waals surface area (Å²) >= 11 is 1.73. The van der Waals surface area contributed by atoms with Crippen molar-refractivity contribution in [3.63, 3.8) is 0 Å². The van der Waals surface area contributed by atoms with E-state index >= 15 is 0 Å². The van der Waals surface area contributed by atoms with Crippen molar-refractivity contribution in [3.05, 3.63) is 71.8 Å². The lowest BCUT2D eigenvalue weighted by Crippen LogP contribution is -2.19. The average Bonchev–Trinajstić information content (AvgIpc) is 2.79. The summed E-state index contributed by atoms with van der Waals surface area (Å²) in [7, 11) is 3.08. The van der Waals surface area contributed by atoms with Gasteiger partial charge in [0.1, 0.15) is 0 Å². The van der Waals surface area contributed by atoms with E-state index < -0.39 is 0 Å². The van der Waals surface area contributed by atoms with E-state index in [1.54, 1.807) is 37.1 Å². The number of rotatable bonds is 5. The minimum atomic E-state index is -0.323. The molecule has 7 heteroatoms. The molecule has 0 saturated carbocycles. The van der Waals surface area contributed by atoms with E-state index in [-0.39, 0.29) is 5.91 Å². The topological polar surface area (TPSA) is 72.0 Å². The molecule has 4 rings (SSSR count). The van der Waals surface area contributed by atoms with Gasteiger partial charge in [-0.1, -0.05) is 30.0 Å². The Morgan fingerprint density at radius 1 is 0.900 bits per heavy atom. The number of hydrogen-bond acceptors (Lipinski definition) is 6. The molecule has 1 amide bonds. The van der Waals surface area contributed by atoms with Crippen LogP contribution in [0.4, 0.5) is 11.4 Å². The number of nitrogens with one attached hydrogen (secondary N) is 2. The Morgan fingerprint density at radius 3 is 2.43 bits per heavy atom. The van der Waals surface area contributed by atoms with Gasteiger partial charge in [-0.15, -0.1) is 0 Å². The summed E-state index contributed by atoms with van der Waals surface area (Å²) in [6, 6.07) is 19.3. The molecule has 1 aliphatic rings. The van der Waals surface area contributed by atoms with Crippen LogP contribution in [0.15, 0.2) is 75.6 Å². The number of ether oxygens (including phenoxy) is 2. The monoisotopic (exact) mass is 419 g/mol. The van der Waals surface area contributed by atoms with Gasteiger partial charge in [-0.2, -0.15) is 5.10 Å². The number of carbonyl (C=O) groups excluding carboxylic acids is 1. The number of fused-ring (bicyclic) bond motifs is 2. The van der Waals surface area contributed by atoms with Crippen molar-refractivity contribution in [2.45, 2.75) is 16.7 Å². The Kier molecular flexibility index (Phi) is 5.63. The van der Waals surface area contributed by atoms with Crippen LogP contribution in [0.1, 0.15) is 22.8 Å². The van der Waals surface area contributed by atoms with Crippen LogP contribution in [0, 0.1) is 0 Å². The third-order valence-electron chi connectivity index (χ3n) is 4.74. The lowest BCUT2D eigenvalue weighted by atomic mass is 10.1. The maximum Gasteiger partial charge on any atom is 0.271 e. The van der Waals surface area contributed by atoms with Crippen LogP contribution in [0.25, 0.3) is 0 Å². The molecule has 0 spiro atoms. The van der Waals surface area contributed by atoms with Gasteiger partial charge in [-0.3, -0.25) is 4.79 Å². The lowest BCUT2D eigenvalue weighted by Gasteiger charge is -2.21. The predicted octanol–water partition coefficient (Wildman–Crippen LogP) is 5.07. The second kappa shape index (κ2) is 8.51. The summed E-state index contributed by atoms with van der Waals surface area (Å²) in [6.07, 6.45) is 0. The van der Waals surface area contributed by atoms with Crippen molar-refractivity contribution in [1.82, 2.24) is 5.43 Å². The zero-order chi connectivity index (χ0) is 21.1. The van der Waals surface area contributed by atoms with Crippen molar-refractivity contribution < 1.29 is 14.3 Å². The van der Waals surface area contributed by atoms with Crippen LogP contribution in [-0.4, -0.2) is 25.8 Å². The van der Waals surface area contributed by atoms with E-state index in [1.165, 1.54) is 12.0 Å². The number of anilines is 2. The number of benzene rings is 3. The Balaban J connectivity index is 1.50. The highest BCUT2D eigenvalue weighted by Gasteiger charge is 2.16. The summed E-state index contributed by atoms with van der Waals surface area (Å²) < 4.78 is 10.5. The van der Waals surface area contributed by atoms with Gasteiger partial charge in [-0.25, -0.2) is 5.43 Å². The second-order valence-electron chi connectivity index (χ2n) is 6.64. The van der Waals surface area contributed by atoms with E-state index in [0.717, 1.165) is 21.8 Å². The molecule has 3 aromatic rings. The van der Waals surface area contributed by atoms with E-state index in [9.17, 15) is 4.79 Å². The molecule has 152 valence electrons. The molecule has 0 radical (unpaired) electrons. The SMILES string of the molecule is COc1ccc(C(=O)N/N=C(/C)c2ccc3c(c2)Nc2ccccc2S3)cc1OC. The number of nitrogens with zero attached hydrogens (tertiary/aromatic N) is 1. The van der Waals surface area contributed by atoms with Crippen molar-refractivity contribution in [3.8, 4) is 11.5 Å². The number of methoxy groups -OCH3 is 2. The first-order valence-electron chi connectivity index (χ1n) is 9.34. The molecule has 0 aliphatic carbocycles. The van der Waals surface area contributed by atoms with Crippen LogP contribution in [0.3, 0.4) is 0 Å². The summed E-state index contributed by atoms with van der Waals surface area (Å²) in [6.45, 7) is 1.86. The molecular weight excluding hydrogens is 398 g/mol. The predicted molar refractivity (Wildman–Crippen MR) is 120 cm³/mol. The molecule has 0 fully saturated rings. The maximum absolute atomic E-state index is 12.5. The first-order valence-corrected chi connectivity index (χ1v) is 10.2. The fraction of sp³-hybridized carbons (Fsp3) is 0.130. The molecule has 3 aromatic carbocycles. The highest BCUT2D eigenvalue weighted by molar-refractivity contribution is 7.99. The Bertz CT molecular complexity index is 1140. The van der Waals surface area contributed by atoms with Crippen LogP contribution < -0.4 is 20.2 Å². The summed E-state index contributed by atoms with van der Waals surface area (Å²) in [5.74, 6) is 0.731. The molecule has 0 bridgehead atoms. The van der Waals surface area contributed by atoms with E-state index in [2.05, 4.69) is 34.0 Å². The highest BCUT2D eigenvalue weighted by atomic mass is 32.2. The normalized spacial score (nSPS) is 12.3. The summed E-state index contributed by atoms with van der Waals surface area (Å²) in [5, 5.41) is 7.73. The van der Waals surface area contributed by atoms with E-state index in [1.807, 2.05) is 31.2 Å². The maximum atomic E-state index is 12.5. The Labute approximate surface area is 179 Å². The van der Waals surface area contributed by atoms with Gasteiger partial charge in [0.25, 0.3) is 5.91 Å². The zero-order valence-electron chi connectivity index (χ0n) is 16.9. The molecule has 30 heavy (non-hydrogen) atoms. The second-order valence-corrected chi connectivity index (χ2v) is 7.73. The van der Waals surface area contributed by atoms with Gasteiger partial charge < -0.3 is 14.8 Å². The Hall–Kier alpha value is -3.45. The van der Waals surface area contributed by atoms with E-state index in [4.69, 9.17) is 9.47 Å².